The lowest BCUT2D eigenvalue weighted by atomic mass is 10.1. The van der Waals surface area contributed by atoms with Gasteiger partial charge in [0, 0.05) is 0 Å². The monoisotopic (exact) mass is 449 g/mol. The van der Waals surface area contributed by atoms with Gasteiger partial charge in [-0.3, -0.25) is 14.2 Å². The van der Waals surface area contributed by atoms with E-state index in [4.69, 9.17) is 4.74 Å². The highest BCUT2D eigenvalue weighted by molar-refractivity contribution is 7.17. The highest BCUT2D eigenvalue weighted by Gasteiger charge is 2.18. The molecule has 0 saturated heterocycles. The number of methoxy groups -OCH3 is 1. The quantitative estimate of drug-likeness (QED) is 0.503. The van der Waals surface area contributed by atoms with Gasteiger partial charge in [-0.1, -0.05) is 12.1 Å². The number of ether oxygens (including phenoxy) is 1. The molecule has 0 bridgehead atoms. The van der Waals surface area contributed by atoms with Gasteiger partial charge in [0.25, 0.3) is 5.56 Å². The van der Waals surface area contributed by atoms with Crippen molar-refractivity contribution in [3.63, 3.8) is 0 Å². The molecule has 164 valence electrons. The van der Waals surface area contributed by atoms with Crippen LogP contribution in [-0.4, -0.2) is 22.2 Å². The van der Waals surface area contributed by atoms with Crippen molar-refractivity contribution in [1.82, 2.24) is 9.13 Å². The maximum absolute atomic E-state index is 13.4. The molecule has 7 nitrogen and oxygen atoms in total. The summed E-state index contributed by atoms with van der Waals surface area (Å²) in [6.07, 6.45) is 0. The number of benzene rings is 2. The van der Waals surface area contributed by atoms with Crippen LogP contribution < -0.4 is 21.3 Å². The van der Waals surface area contributed by atoms with Crippen molar-refractivity contribution >= 4 is 33.1 Å². The fourth-order valence-corrected chi connectivity index (χ4v) is 4.62. The number of fused-ring (bicyclic) bond motifs is 1. The topological polar surface area (TPSA) is 82.3 Å². The molecule has 0 unspecified atom stereocenters. The van der Waals surface area contributed by atoms with Crippen LogP contribution in [0.25, 0.3) is 15.9 Å². The third kappa shape index (κ3) is 3.97. The lowest BCUT2D eigenvalue weighted by Gasteiger charge is -2.14. The Balaban J connectivity index is 1.81. The molecule has 0 fully saturated rings. The first-order valence-electron chi connectivity index (χ1n) is 10.0. The molecule has 1 amide bonds. The Bertz CT molecular complexity index is 1440. The Morgan fingerprint density at radius 3 is 2.41 bits per heavy atom. The van der Waals surface area contributed by atoms with Crippen LogP contribution in [0.2, 0.25) is 0 Å². The summed E-state index contributed by atoms with van der Waals surface area (Å²) in [4.78, 5) is 39.5. The SMILES string of the molecule is COc1ccc(C)cc1NC(=O)Cn1c(=O)n(-c2cc(C)cc(C)c2)c(=O)c2sccc21. The van der Waals surface area contributed by atoms with Gasteiger partial charge in [0.1, 0.15) is 17.0 Å². The first-order valence-corrected chi connectivity index (χ1v) is 10.9. The van der Waals surface area contributed by atoms with Crippen LogP contribution in [0.3, 0.4) is 0 Å². The molecule has 0 aliphatic carbocycles. The van der Waals surface area contributed by atoms with Gasteiger partial charge >= 0.3 is 5.69 Å². The lowest BCUT2D eigenvalue weighted by molar-refractivity contribution is -0.116. The Hall–Kier alpha value is -3.65. The molecule has 0 radical (unpaired) electrons. The summed E-state index contributed by atoms with van der Waals surface area (Å²) in [6, 6.07) is 12.7. The van der Waals surface area contributed by atoms with Crippen LogP contribution in [0.1, 0.15) is 16.7 Å². The van der Waals surface area contributed by atoms with Crippen LogP contribution in [0.15, 0.2) is 57.4 Å². The van der Waals surface area contributed by atoms with E-state index in [-0.39, 0.29) is 12.1 Å². The van der Waals surface area contributed by atoms with E-state index < -0.39 is 11.6 Å². The number of nitrogens with one attached hydrogen (secondary N) is 1. The number of aryl methyl sites for hydroxylation is 3. The number of carbonyl (C=O) groups excluding carboxylic acids is 1. The Morgan fingerprint density at radius 2 is 1.72 bits per heavy atom. The van der Waals surface area contributed by atoms with E-state index in [0.29, 0.717) is 27.3 Å². The largest absolute Gasteiger partial charge is 0.495 e. The predicted octanol–water partition coefficient (Wildman–Crippen LogP) is 3.79. The number of nitrogens with zero attached hydrogens (tertiary/aromatic N) is 2. The highest BCUT2D eigenvalue weighted by atomic mass is 32.1. The van der Waals surface area contributed by atoms with Gasteiger partial charge in [-0.2, -0.15) is 0 Å². The van der Waals surface area contributed by atoms with Crippen molar-refractivity contribution in [2.75, 3.05) is 12.4 Å². The summed E-state index contributed by atoms with van der Waals surface area (Å²) in [5.74, 6) is 0.131. The molecule has 4 rings (SSSR count). The van der Waals surface area contributed by atoms with E-state index in [0.717, 1.165) is 21.3 Å². The van der Waals surface area contributed by atoms with Gasteiger partial charge in [-0.25, -0.2) is 9.36 Å². The molecule has 0 spiro atoms. The zero-order chi connectivity index (χ0) is 23.0. The highest BCUT2D eigenvalue weighted by Crippen LogP contribution is 2.25. The molecule has 0 saturated carbocycles. The molecule has 0 aliphatic rings. The molecule has 0 atom stereocenters. The van der Waals surface area contributed by atoms with Gasteiger partial charge in [0.15, 0.2) is 0 Å². The van der Waals surface area contributed by atoms with Crippen LogP contribution in [-0.2, 0) is 11.3 Å². The van der Waals surface area contributed by atoms with E-state index in [1.165, 1.54) is 23.0 Å². The van der Waals surface area contributed by atoms with Crippen molar-refractivity contribution in [2.45, 2.75) is 27.3 Å². The molecule has 32 heavy (non-hydrogen) atoms. The third-order valence-electron chi connectivity index (χ3n) is 5.15. The third-order valence-corrected chi connectivity index (χ3v) is 6.04. The molecule has 8 heteroatoms. The average Bonchev–Trinajstić information content (AvgIpc) is 3.21. The van der Waals surface area contributed by atoms with E-state index in [2.05, 4.69) is 5.32 Å². The minimum Gasteiger partial charge on any atom is -0.495 e. The fourth-order valence-electron chi connectivity index (χ4n) is 3.80. The second kappa shape index (κ2) is 8.47. The summed E-state index contributed by atoms with van der Waals surface area (Å²) >= 11 is 1.25. The Morgan fingerprint density at radius 1 is 1.00 bits per heavy atom. The molecular formula is C24H23N3O4S. The maximum Gasteiger partial charge on any atom is 0.336 e. The van der Waals surface area contributed by atoms with Crippen LogP contribution in [0.5, 0.6) is 5.75 Å². The number of hydrogen-bond acceptors (Lipinski definition) is 5. The first-order chi connectivity index (χ1) is 15.3. The number of rotatable bonds is 5. The molecule has 2 heterocycles. The summed E-state index contributed by atoms with van der Waals surface area (Å²) in [6.45, 7) is 5.49. The van der Waals surface area contributed by atoms with Crippen LogP contribution in [0, 0.1) is 20.8 Å². The minimum atomic E-state index is -0.558. The number of aromatic nitrogens is 2. The minimum absolute atomic E-state index is 0.242. The van der Waals surface area contributed by atoms with Crippen LogP contribution in [0.4, 0.5) is 5.69 Å². The zero-order valence-electron chi connectivity index (χ0n) is 18.3. The van der Waals surface area contributed by atoms with Gasteiger partial charge in [-0.05, 0) is 73.2 Å². The van der Waals surface area contributed by atoms with Crippen LogP contribution >= 0.6 is 11.3 Å². The summed E-state index contributed by atoms with van der Waals surface area (Å²) < 4.78 is 8.22. The van der Waals surface area contributed by atoms with Gasteiger partial charge < -0.3 is 10.1 Å². The number of thiophene rings is 1. The molecule has 2 aromatic carbocycles. The Labute approximate surface area is 188 Å². The smallest absolute Gasteiger partial charge is 0.336 e. The van der Waals surface area contributed by atoms with Gasteiger partial charge in [0.05, 0.1) is 24.0 Å². The number of amides is 1. The van der Waals surface area contributed by atoms with E-state index in [1.807, 2.05) is 32.9 Å². The van der Waals surface area contributed by atoms with Crippen molar-refractivity contribution < 1.29 is 9.53 Å². The molecule has 4 aromatic rings. The molecule has 1 N–H and O–H groups in total. The van der Waals surface area contributed by atoms with E-state index in [1.54, 1.807) is 35.7 Å². The standard InChI is InChI=1S/C24H23N3O4S/c1-14-5-6-20(31-4)18(12-14)25-21(28)13-26-19-7-8-32-22(19)23(29)27(24(26)30)17-10-15(2)9-16(3)11-17/h5-12H,13H2,1-4H3,(H,25,28). The lowest BCUT2D eigenvalue weighted by Crippen LogP contribution is -2.40. The number of carbonyl (C=O) groups is 1. The molecule has 2 aromatic heterocycles. The number of hydrogen-bond donors (Lipinski definition) is 1. The molecular weight excluding hydrogens is 426 g/mol. The van der Waals surface area contributed by atoms with Gasteiger partial charge in [-0.15, -0.1) is 11.3 Å². The van der Waals surface area contributed by atoms with E-state index >= 15 is 0 Å². The summed E-state index contributed by atoms with van der Waals surface area (Å²) in [7, 11) is 1.53. The fraction of sp³-hybridized carbons (Fsp3) is 0.208. The van der Waals surface area contributed by atoms with E-state index in [9.17, 15) is 14.4 Å². The van der Waals surface area contributed by atoms with Crippen molar-refractivity contribution in [2.24, 2.45) is 0 Å². The van der Waals surface area contributed by atoms with Crippen molar-refractivity contribution in [3.8, 4) is 11.4 Å². The zero-order valence-corrected chi connectivity index (χ0v) is 19.1. The van der Waals surface area contributed by atoms with Crippen molar-refractivity contribution in [1.29, 1.82) is 0 Å². The van der Waals surface area contributed by atoms with Crippen molar-refractivity contribution in [3.05, 3.63) is 85.4 Å². The van der Waals surface area contributed by atoms with Gasteiger partial charge in [0.2, 0.25) is 5.91 Å². The maximum atomic E-state index is 13.4. The predicted molar refractivity (Wildman–Crippen MR) is 128 cm³/mol. The second-order valence-electron chi connectivity index (χ2n) is 7.74. The normalized spacial score (nSPS) is 11.0. The molecule has 0 aliphatic heterocycles. The average molecular weight is 450 g/mol. The summed E-state index contributed by atoms with van der Waals surface area (Å²) in [5, 5.41) is 4.56. The first kappa shape index (κ1) is 21.6. The summed E-state index contributed by atoms with van der Waals surface area (Å²) in [5.41, 5.74) is 3.34. The Kier molecular flexibility index (Phi) is 5.71. The number of anilines is 1. The second-order valence-corrected chi connectivity index (χ2v) is 8.66.